The molecule has 0 spiro atoms. The molecule has 0 amide bonds. The minimum atomic E-state index is -3.70. The molecule has 7 heteroatoms. The van der Waals surface area contributed by atoms with Gasteiger partial charge in [-0.25, -0.2) is 8.42 Å². The predicted molar refractivity (Wildman–Crippen MR) is 76.2 cm³/mol. The van der Waals surface area contributed by atoms with Gasteiger partial charge in [0.25, 0.3) is 0 Å². The molecule has 1 aliphatic rings. The molecule has 1 saturated heterocycles. The molecule has 116 valence electrons. The van der Waals surface area contributed by atoms with Crippen molar-refractivity contribution >= 4 is 16.0 Å². The molecule has 1 unspecified atom stereocenters. The Morgan fingerprint density at radius 3 is 2.90 bits per heavy atom. The topological polar surface area (TPSA) is 83.9 Å². The zero-order chi connectivity index (χ0) is 15.5. The number of phenolic OH excluding ortho intramolecular Hbond substituents is 1. The third kappa shape index (κ3) is 3.54. The molecule has 2 rings (SSSR count). The molecule has 6 nitrogen and oxygen atoms in total. The Balaban J connectivity index is 2.18. The van der Waals surface area contributed by atoms with Crippen LogP contribution in [0.5, 0.6) is 5.75 Å². The number of piperidine rings is 1. The van der Waals surface area contributed by atoms with Crippen molar-refractivity contribution in [2.45, 2.75) is 24.7 Å². The van der Waals surface area contributed by atoms with E-state index in [4.69, 9.17) is 4.74 Å². The van der Waals surface area contributed by atoms with E-state index in [-0.39, 0.29) is 29.8 Å². The molecule has 1 aromatic carbocycles. The number of sulfonamides is 1. The number of hydrogen-bond acceptors (Lipinski definition) is 5. The molecule has 0 radical (unpaired) electrons. The molecule has 1 atom stereocenters. The van der Waals surface area contributed by atoms with Crippen LogP contribution in [0.15, 0.2) is 29.2 Å². The maximum Gasteiger partial charge on any atom is 0.310 e. The van der Waals surface area contributed by atoms with Gasteiger partial charge in [0.2, 0.25) is 10.0 Å². The molecule has 0 bridgehead atoms. The lowest BCUT2D eigenvalue weighted by Crippen LogP contribution is -2.42. The number of hydrogen-bond donors (Lipinski definition) is 1. The highest BCUT2D eigenvalue weighted by Gasteiger charge is 2.34. The van der Waals surface area contributed by atoms with E-state index in [0.717, 1.165) is 0 Å². The number of aromatic hydroxyl groups is 1. The fourth-order valence-electron chi connectivity index (χ4n) is 2.41. The lowest BCUT2D eigenvalue weighted by Gasteiger charge is -2.30. The van der Waals surface area contributed by atoms with E-state index in [1.807, 2.05) is 0 Å². The predicted octanol–water partition coefficient (Wildman–Crippen LogP) is 1.36. The second kappa shape index (κ2) is 6.44. The van der Waals surface area contributed by atoms with Crippen LogP contribution in [0, 0.1) is 5.92 Å². The van der Waals surface area contributed by atoms with E-state index in [2.05, 4.69) is 0 Å². The maximum atomic E-state index is 12.5. The molecule has 0 aromatic heterocycles. The monoisotopic (exact) mass is 313 g/mol. The van der Waals surface area contributed by atoms with Gasteiger partial charge < -0.3 is 9.84 Å². The van der Waals surface area contributed by atoms with Crippen LogP contribution in [0.25, 0.3) is 0 Å². The number of carbonyl (C=O) groups excluding carboxylic acids is 1. The largest absolute Gasteiger partial charge is 0.508 e. The molecule has 1 heterocycles. The van der Waals surface area contributed by atoms with Gasteiger partial charge in [-0.1, -0.05) is 6.07 Å². The van der Waals surface area contributed by atoms with Gasteiger partial charge >= 0.3 is 5.97 Å². The highest BCUT2D eigenvalue weighted by Crippen LogP contribution is 2.26. The van der Waals surface area contributed by atoms with Gasteiger partial charge in [0.15, 0.2) is 0 Å². The van der Waals surface area contributed by atoms with Gasteiger partial charge in [-0.2, -0.15) is 4.31 Å². The molecule has 1 fully saturated rings. The maximum absolute atomic E-state index is 12.5. The Labute approximate surface area is 124 Å². The zero-order valence-electron chi connectivity index (χ0n) is 11.9. The van der Waals surface area contributed by atoms with Crippen molar-refractivity contribution in [2.75, 3.05) is 19.7 Å². The molecule has 1 N–H and O–H groups in total. The Morgan fingerprint density at radius 2 is 2.24 bits per heavy atom. The summed E-state index contributed by atoms with van der Waals surface area (Å²) in [6, 6.07) is 5.54. The summed E-state index contributed by atoms with van der Waals surface area (Å²) in [6.07, 6.45) is 1.24. The highest BCUT2D eigenvalue weighted by molar-refractivity contribution is 7.89. The molecular weight excluding hydrogens is 294 g/mol. The Kier molecular flexibility index (Phi) is 4.84. The fraction of sp³-hybridized carbons (Fsp3) is 0.500. The summed E-state index contributed by atoms with van der Waals surface area (Å²) in [4.78, 5) is 11.8. The average molecular weight is 313 g/mol. The normalized spacial score (nSPS) is 20.1. The average Bonchev–Trinajstić information content (AvgIpc) is 2.47. The fourth-order valence-corrected chi connectivity index (χ4v) is 3.97. The Hall–Kier alpha value is -1.60. The Bertz CT molecular complexity index is 614. The molecule has 0 saturated carbocycles. The van der Waals surface area contributed by atoms with Gasteiger partial charge in [0.05, 0.1) is 17.4 Å². The van der Waals surface area contributed by atoms with E-state index >= 15 is 0 Å². The lowest BCUT2D eigenvalue weighted by molar-refractivity contribution is -0.149. The summed E-state index contributed by atoms with van der Waals surface area (Å²) in [5.41, 5.74) is 0. The summed E-state index contributed by atoms with van der Waals surface area (Å²) < 4.78 is 31.3. The van der Waals surface area contributed by atoms with E-state index < -0.39 is 15.9 Å². The van der Waals surface area contributed by atoms with Gasteiger partial charge in [-0.15, -0.1) is 0 Å². The van der Waals surface area contributed by atoms with E-state index in [0.29, 0.717) is 19.4 Å². The number of phenols is 1. The van der Waals surface area contributed by atoms with E-state index in [1.54, 1.807) is 6.92 Å². The SMILES string of the molecule is CCOC(=O)C1CCCN(S(=O)(=O)c2cccc(O)c2)C1. The first-order chi connectivity index (χ1) is 9.95. The van der Waals surface area contributed by atoms with Crippen molar-refractivity contribution in [1.29, 1.82) is 0 Å². The minimum Gasteiger partial charge on any atom is -0.508 e. The van der Waals surface area contributed by atoms with Gasteiger partial charge in [0, 0.05) is 13.1 Å². The van der Waals surface area contributed by atoms with Crippen LogP contribution < -0.4 is 0 Å². The molecule has 0 aliphatic carbocycles. The van der Waals surface area contributed by atoms with Crippen molar-refractivity contribution in [3.63, 3.8) is 0 Å². The van der Waals surface area contributed by atoms with Crippen molar-refractivity contribution in [3.8, 4) is 5.75 Å². The van der Waals surface area contributed by atoms with E-state index in [9.17, 15) is 18.3 Å². The summed E-state index contributed by atoms with van der Waals surface area (Å²) in [6.45, 7) is 2.50. The highest BCUT2D eigenvalue weighted by atomic mass is 32.2. The van der Waals surface area contributed by atoms with Gasteiger partial charge in [-0.05, 0) is 38.0 Å². The van der Waals surface area contributed by atoms with Crippen molar-refractivity contribution in [2.24, 2.45) is 5.92 Å². The summed E-state index contributed by atoms with van der Waals surface area (Å²) in [7, 11) is -3.70. The first kappa shape index (κ1) is 15.8. The minimum absolute atomic E-state index is 0.0343. The van der Waals surface area contributed by atoms with Crippen LogP contribution in [0.1, 0.15) is 19.8 Å². The molecular formula is C14H19NO5S. The van der Waals surface area contributed by atoms with Crippen LogP contribution in [0.2, 0.25) is 0 Å². The zero-order valence-corrected chi connectivity index (χ0v) is 12.7. The summed E-state index contributed by atoms with van der Waals surface area (Å²) in [5, 5.41) is 9.43. The standard InChI is InChI=1S/C14H19NO5S/c1-2-20-14(17)11-5-4-8-15(10-11)21(18,19)13-7-3-6-12(16)9-13/h3,6-7,9,11,16H,2,4-5,8,10H2,1H3. The van der Waals surface area contributed by atoms with Crippen LogP contribution in [-0.4, -0.2) is 43.5 Å². The second-order valence-corrected chi connectivity index (χ2v) is 6.89. The quantitative estimate of drug-likeness (QED) is 0.848. The van der Waals surface area contributed by atoms with Crippen LogP contribution in [0.3, 0.4) is 0 Å². The number of rotatable bonds is 4. The number of carbonyl (C=O) groups is 1. The van der Waals surface area contributed by atoms with Crippen molar-refractivity contribution in [3.05, 3.63) is 24.3 Å². The smallest absolute Gasteiger partial charge is 0.310 e. The van der Waals surface area contributed by atoms with Gasteiger partial charge in [-0.3, -0.25) is 4.79 Å². The van der Waals surface area contributed by atoms with Crippen LogP contribution >= 0.6 is 0 Å². The van der Waals surface area contributed by atoms with Gasteiger partial charge in [0.1, 0.15) is 5.75 Å². The summed E-state index contributed by atoms with van der Waals surface area (Å²) in [5.74, 6) is -0.880. The first-order valence-corrected chi connectivity index (χ1v) is 8.35. The van der Waals surface area contributed by atoms with Crippen LogP contribution in [-0.2, 0) is 19.6 Å². The number of nitrogens with zero attached hydrogens (tertiary/aromatic N) is 1. The molecule has 21 heavy (non-hydrogen) atoms. The Morgan fingerprint density at radius 1 is 1.48 bits per heavy atom. The molecule has 1 aromatic rings. The number of esters is 1. The first-order valence-electron chi connectivity index (χ1n) is 6.91. The third-order valence-electron chi connectivity index (χ3n) is 3.46. The van der Waals surface area contributed by atoms with Crippen molar-refractivity contribution in [1.82, 2.24) is 4.31 Å². The van der Waals surface area contributed by atoms with E-state index in [1.165, 1.54) is 28.6 Å². The van der Waals surface area contributed by atoms with Crippen molar-refractivity contribution < 1.29 is 23.1 Å². The lowest BCUT2D eigenvalue weighted by atomic mass is 10.0. The third-order valence-corrected chi connectivity index (χ3v) is 5.32. The summed E-state index contributed by atoms with van der Waals surface area (Å²) >= 11 is 0. The molecule has 1 aliphatic heterocycles. The number of ether oxygens (including phenoxy) is 1. The second-order valence-electron chi connectivity index (χ2n) is 4.95. The number of benzene rings is 1. The van der Waals surface area contributed by atoms with Crippen LogP contribution in [0.4, 0.5) is 0 Å².